The SMILES string of the molecule is CC[C@@H](C)c1ccc(NC(=O)c2nc3nc(C)cc(C(F)F)n3n2)cc1. The van der Waals surface area contributed by atoms with E-state index in [1.807, 2.05) is 12.1 Å². The van der Waals surface area contributed by atoms with Crippen LogP contribution in [0.3, 0.4) is 0 Å². The number of halogens is 2. The maximum atomic E-state index is 13.1. The largest absolute Gasteiger partial charge is 0.319 e. The van der Waals surface area contributed by atoms with Crippen molar-refractivity contribution in [3.8, 4) is 0 Å². The molecule has 0 saturated heterocycles. The van der Waals surface area contributed by atoms with Gasteiger partial charge in [0, 0.05) is 11.4 Å². The average Bonchev–Trinajstić information content (AvgIpc) is 3.04. The highest BCUT2D eigenvalue weighted by molar-refractivity contribution is 6.01. The van der Waals surface area contributed by atoms with Gasteiger partial charge in [-0.3, -0.25) is 4.79 Å². The van der Waals surface area contributed by atoms with Crippen LogP contribution in [0.25, 0.3) is 5.78 Å². The van der Waals surface area contributed by atoms with Crippen molar-refractivity contribution >= 4 is 17.4 Å². The summed E-state index contributed by atoms with van der Waals surface area (Å²) in [6.45, 7) is 5.82. The maximum Gasteiger partial charge on any atom is 0.295 e. The molecule has 0 aliphatic rings. The number of hydrogen-bond donors (Lipinski definition) is 1. The lowest BCUT2D eigenvalue weighted by molar-refractivity contribution is 0.101. The zero-order valence-corrected chi connectivity index (χ0v) is 14.7. The third kappa shape index (κ3) is 3.54. The average molecular weight is 359 g/mol. The van der Waals surface area contributed by atoms with Crippen LogP contribution in [0, 0.1) is 6.92 Å². The number of aryl methyl sites for hydroxylation is 1. The Bertz CT molecular complexity index is 937. The minimum absolute atomic E-state index is 0.0300. The van der Waals surface area contributed by atoms with Crippen molar-refractivity contribution in [1.29, 1.82) is 0 Å². The van der Waals surface area contributed by atoms with Gasteiger partial charge in [0.1, 0.15) is 5.69 Å². The molecule has 0 fully saturated rings. The van der Waals surface area contributed by atoms with Gasteiger partial charge in [0.15, 0.2) is 0 Å². The van der Waals surface area contributed by atoms with Crippen molar-refractivity contribution in [3.63, 3.8) is 0 Å². The molecule has 3 aromatic rings. The first-order valence-electron chi connectivity index (χ1n) is 8.32. The van der Waals surface area contributed by atoms with E-state index in [2.05, 4.69) is 34.2 Å². The first-order chi connectivity index (χ1) is 12.4. The zero-order valence-electron chi connectivity index (χ0n) is 14.7. The molecule has 0 bridgehead atoms. The van der Waals surface area contributed by atoms with Crippen LogP contribution in [0.5, 0.6) is 0 Å². The summed E-state index contributed by atoms with van der Waals surface area (Å²) in [5.74, 6) is -0.389. The summed E-state index contributed by atoms with van der Waals surface area (Å²) in [5, 5.41) is 6.56. The molecule has 1 N–H and O–H groups in total. The zero-order chi connectivity index (χ0) is 18.8. The molecule has 0 saturated carbocycles. The standard InChI is InChI=1S/C18H19F2N5O/c1-4-10(2)12-5-7-13(8-6-12)22-17(26)16-23-18-21-11(3)9-14(15(19)20)25(18)24-16/h5-10,15H,4H2,1-3H3,(H,22,26)/t10-/m1/s1. The number of alkyl halides is 2. The van der Waals surface area contributed by atoms with E-state index >= 15 is 0 Å². The number of nitrogens with zero attached hydrogens (tertiary/aromatic N) is 4. The van der Waals surface area contributed by atoms with Gasteiger partial charge in [-0.05, 0) is 43.0 Å². The highest BCUT2D eigenvalue weighted by Gasteiger charge is 2.20. The van der Waals surface area contributed by atoms with Crippen molar-refractivity contribution in [2.75, 3.05) is 5.32 Å². The van der Waals surface area contributed by atoms with Gasteiger partial charge in [0.2, 0.25) is 5.82 Å². The third-order valence-electron chi connectivity index (χ3n) is 4.24. The Morgan fingerprint density at radius 3 is 2.54 bits per heavy atom. The van der Waals surface area contributed by atoms with Gasteiger partial charge in [-0.25, -0.2) is 13.8 Å². The predicted octanol–water partition coefficient (Wildman–Crippen LogP) is 4.14. The van der Waals surface area contributed by atoms with Gasteiger partial charge in [0.25, 0.3) is 18.1 Å². The van der Waals surface area contributed by atoms with Crippen molar-refractivity contribution in [2.45, 2.75) is 39.5 Å². The van der Waals surface area contributed by atoms with Crippen LogP contribution in [0.2, 0.25) is 0 Å². The van der Waals surface area contributed by atoms with Crippen LogP contribution in [-0.4, -0.2) is 25.5 Å². The van der Waals surface area contributed by atoms with E-state index < -0.39 is 12.3 Å². The fourth-order valence-corrected chi connectivity index (χ4v) is 2.58. The summed E-state index contributed by atoms with van der Waals surface area (Å²) in [6, 6.07) is 8.70. The van der Waals surface area contributed by atoms with Crippen LogP contribution in [-0.2, 0) is 0 Å². The van der Waals surface area contributed by atoms with Gasteiger partial charge < -0.3 is 5.32 Å². The number of nitrogens with one attached hydrogen (secondary N) is 1. The summed E-state index contributed by atoms with van der Waals surface area (Å²) < 4.78 is 27.2. The molecule has 0 aliphatic carbocycles. The molecule has 0 aliphatic heterocycles. The van der Waals surface area contributed by atoms with Crippen molar-refractivity contribution in [3.05, 3.63) is 53.1 Å². The number of fused-ring (bicyclic) bond motifs is 1. The molecule has 2 heterocycles. The van der Waals surface area contributed by atoms with Crippen molar-refractivity contribution < 1.29 is 13.6 Å². The molecular formula is C18H19F2N5O. The number of rotatable bonds is 5. The Labute approximate surface area is 149 Å². The van der Waals surface area contributed by atoms with E-state index in [4.69, 9.17) is 0 Å². The summed E-state index contributed by atoms with van der Waals surface area (Å²) in [7, 11) is 0. The lowest BCUT2D eigenvalue weighted by Gasteiger charge is -2.09. The number of amides is 1. The topological polar surface area (TPSA) is 72.2 Å². The Balaban J connectivity index is 1.85. The smallest absolute Gasteiger partial charge is 0.295 e. The second-order valence-corrected chi connectivity index (χ2v) is 6.16. The van der Waals surface area contributed by atoms with E-state index in [1.165, 1.54) is 11.6 Å². The number of carbonyl (C=O) groups is 1. The van der Waals surface area contributed by atoms with Crippen LogP contribution in [0.4, 0.5) is 14.5 Å². The normalized spacial score (nSPS) is 12.5. The number of benzene rings is 1. The van der Waals surface area contributed by atoms with Crippen molar-refractivity contribution in [1.82, 2.24) is 19.6 Å². The van der Waals surface area contributed by atoms with Crippen molar-refractivity contribution in [2.24, 2.45) is 0 Å². The first-order valence-corrected chi connectivity index (χ1v) is 8.32. The molecule has 0 unspecified atom stereocenters. The second kappa shape index (κ2) is 7.15. The molecule has 26 heavy (non-hydrogen) atoms. The maximum absolute atomic E-state index is 13.1. The van der Waals surface area contributed by atoms with E-state index in [-0.39, 0.29) is 17.3 Å². The third-order valence-corrected chi connectivity index (χ3v) is 4.24. The first kappa shape index (κ1) is 17.9. The fraction of sp³-hybridized carbons (Fsp3) is 0.333. The second-order valence-electron chi connectivity index (χ2n) is 6.16. The van der Waals surface area contributed by atoms with Gasteiger partial charge in [-0.15, -0.1) is 5.10 Å². The molecule has 136 valence electrons. The Morgan fingerprint density at radius 1 is 1.23 bits per heavy atom. The molecule has 2 aromatic heterocycles. The van der Waals surface area contributed by atoms with E-state index in [9.17, 15) is 13.6 Å². The molecular weight excluding hydrogens is 340 g/mol. The van der Waals surface area contributed by atoms with E-state index in [0.29, 0.717) is 17.3 Å². The number of anilines is 1. The molecule has 1 aromatic carbocycles. The minimum Gasteiger partial charge on any atom is -0.319 e. The fourth-order valence-electron chi connectivity index (χ4n) is 2.58. The lowest BCUT2D eigenvalue weighted by atomic mass is 9.99. The summed E-state index contributed by atoms with van der Waals surface area (Å²) in [5.41, 5.74) is 1.79. The monoisotopic (exact) mass is 359 g/mol. The highest BCUT2D eigenvalue weighted by Crippen LogP contribution is 2.21. The van der Waals surface area contributed by atoms with Crippen LogP contribution < -0.4 is 5.32 Å². The Morgan fingerprint density at radius 2 is 1.92 bits per heavy atom. The minimum atomic E-state index is -2.75. The van der Waals surface area contributed by atoms with Crippen LogP contribution >= 0.6 is 0 Å². The molecule has 1 amide bonds. The highest BCUT2D eigenvalue weighted by atomic mass is 19.3. The molecule has 1 atom stereocenters. The summed E-state index contributed by atoms with van der Waals surface area (Å²) in [6.07, 6.45) is -1.72. The number of hydrogen-bond acceptors (Lipinski definition) is 4. The lowest BCUT2D eigenvalue weighted by Crippen LogP contribution is -2.14. The predicted molar refractivity (Wildman–Crippen MR) is 93.6 cm³/mol. The molecule has 0 radical (unpaired) electrons. The molecule has 8 heteroatoms. The van der Waals surface area contributed by atoms with Crippen LogP contribution in [0.15, 0.2) is 30.3 Å². The quantitative estimate of drug-likeness (QED) is 0.743. The summed E-state index contributed by atoms with van der Waals surface area (Å²) >= 11 is 0. The Hall–Kier alpha value is -2.90. The summed E-state index contributed by atoms with van der Waals surface area (Å²) in [4.78, 5) is 20.4. The van der Waals surface area contributed by atoms with Gasteiger partial charge >= 0.3 is 0 Å². The van der Waals surface area contributed by atoms with Gasteiger partial charge in [-0.1, -0.05) is 26.0 Å². The molecule has 6 nitrogen and oxygen atoms in total. The Kier molecular flexibility index (Phi) is 4.92. The van der Waals surface area contributed by atoms with Gasteiger partial charge in [0.05, 0.1) is 0 Å². The number of aromatic nitrogens is 4. The molecule has 0 spiro atoms. The van der Waals surface area contributed by atoms with Crippen LogP contribution in [0.1, 0.15) is 60.2 Å². The van der Waals surface area contributed by atoms with E-state index in [1.54, 1.807) is 19.1 Å². The van der Waals surface area contributed by atoms with E-state index in [0.717, 1.165) is 10.9 Å². The van der Waals surface area contributed by atoms with Gasteiger partial charge in [-0.2, -0.15) is 9.50 Å². The number of carbonyl (C=O) groups excluding carboxylic acids is 1. The molecule has 3 rings (SSSR count).